The van der Waals surface area contributed by atoms with Crippen LogP contribution in [0.15, 0.2) is 0 Å². The largest absolute Gasteiger partial charge is 0.481 e. The number of carbonyl (C=O) groups is 3. The highest BCUT2D eigenvalue weighted by atomic mass is 16.6. The van der Waals surface area contributed by atoms with Crippen molar-refractivity contribution in [3.63, 3.8) is 0 Å². The van der Waals surface area contributed by atoms with Gasteiger partial charge in [0.15, 0.2) is 6.29 Å². The zero-order valence-electron chi connectivity index (χ0n) is 33.1. The van der Waals surface area contributed by atoms with Gasteiger partial charge in [-0.15, -0.1) is 0 Å². The number of rotatable bonds is 32. The standard InChI is InChI=1S/2C16H32O2.C9H17NO4/c2*1-2-3-4-5-6-7-8-9-10-11-12-13-14-15-16(17)18;1-10(2)5-9(12)13-6-7-3-4-8(11)14-7/h2*2-15H2,1H3,(H,17,18);7-8,11H,3-6H2,1-2H3/t;;7-,8+/m..0/s1. The Labute approximate surface area is 307 Å². The predicted octanol–water partition coefficient (Wildman–Crippen LogP) is 10.7. The smallest absolute Gasteiger partial charge is 0.320 e. The van der Waals surface area contributed by atoms with Crippen LogP contribution < -0.4 is 0 Å². The molecule has 9 nitrogen and oxygen atoms in total. The maximum atomic E-state index is 11.1. The molecule has 0 aromatic heterocycles. The highest BCUT2D eigenvalue weighted by molar-refractivity contribution is 5.71. The lowest BCUT2D eigenvalue weighted by atomic mass is 10.0. The number of nitrogens with zero attached hydrogens (tertiary/aromatic N) is 1. The average molecular weight is 716 g/mol. The molecule has 50 heavy (non-hydrogen) atoms. The van der Waals surface area contributed by atoms with Crippen molar-refractivity contribution in [2.24, 2.45) is 0 Å². The molecule has 0 radical (unpaired) electrons. The average Bonchev–Trinajstić information content (AvgIpc) is 3.49. The molecule has 1 rings (SSSR count). The lowest BCUT2D eigenvalue weighted by molar-refractivity contribution is -0.153. The van der Waals surface area contributed by atoms with E-state index < -0.39 is 18.2 Å². The number of carboxylic acids is 2. The van der Waals surface area contributed by atoms with Crippen molar-refractivity contribution in [2.45, 2.75) is 219 Å². The second kappa shape index (κ2) is 40.1. The van der Waals surface area contributed by atoms with E-state index in [4.69, 9.17) is 24.8 Å². The SMILES string of the molecule is CCCCCCCCCCCCCCCC(=O)O.CCCCCCCCCCCCCCCC(=O)O.CN(C)CC(=O)OC[C@@H]1CC[C@H](O)O1. The summed E-state index contributed by atoms with van der Waals surface area (Å²) in [6, 6.07) is 0. The van der Waals surface area contributed by atoms with Crippen molar-refractivity contribution < 1.29 is 39.2 Å². The molecule has 0 aromatic rings. The Morgan fingerprint density at radius 3 is 1.14 bits per heavy atom. The fourth-order valence-electron chi connectivity index (χ4n) is 5.89. The van der Waals surface area contributed by atoms with E-state index in [0.717, 1.165) is 32.1 Å². The van der Waals surface area contributed by atoms with Crippen LogP contribution in [0.25, 0.3) is 0 Å². The summed E-state index contributed by atoms with van der Waals surface area (Å²) in [5.74, 6) is -1.57. The van der Waals surface area contributed by atoms with Crippen LogP contribution in [0.1, 0.15) is 206 Å². The molecule has 1 saturated heterocycles. The van der Waals surface area contributed by atoms with Gasteiger partial charge in [-0.3, -0.25) is 19.3 Å². The molecule has 0 bridgehead atoms. The van der Waals surface area contributed by atoms with Crippen molar-refractivity contribution in [1.82, 2.24) is 4.90 Å². The molecule has 0 aromatic carbocycles. The van der Waals surface area contributed by atoms with E-state index in [2.05, 4.69) is 13.8 Å². The Bertz CT molecular complexity index is 708. The maximum Gasteiger partial charge on any atom is 0.320 e. The Morgan fingerprint density at radius 2 is 0.880 bits per heavy atom. The Hall–Kier alpha value is -1.71. The van der Waals surface area contributed by atoms with E-state index in [9.17, 15) is 14.4 Å². The molecule has 298 valence electrons. The summed E-state index contributed by atoms with van der Waals surface area (Å²) in [5.41, 5.74) is 0. The number of hydrogen-bond acceptors (Lipinski definition) is 7. The van der Waals surface area contributed by atoms with E-state index in [0.29, 0.717) is 19.3 Å². The molecule has 1 aliphatic rings. The fraction of sp³-hybridized carbons (Fsp3) is 0.927. The monoisotopic (exact) mass is 716 g/mol. The van der Waals surface area contributed by atoms with Gasteiger partial charge in [0.1, 0.15) is 6.61 Å². The summed E-state index contributed by atoms with van der Waals surface area (Å²) in [5, 5.41) is 26.0. The van der Waals surface area contributed by atoms with Gasteiger partial charge in [-0.1, -0.05) is 168 Å². The third-order valence-corrected chi connectivity index (χ3v) is 8.95. The molecule has 1 aliphatic heterocycles. The maximum absolute atomic E-state index is 11.1. The summed E-state index contributed by atoms with van der Waals surface area (Å²) in [7, 11) is 3.61. The van der Waals surface area contributed by atoms with Crippen LogP contribution in [-0.4, -0.2) is 77.8 Å². The van der Waals surface area contributed by atoms with Crippen molar-refractivity contribution in [3.05, 3.63) is 0 Å². The highest BCUT2D eigenvalue weighted by Gasteiger charge is 2.24. The van der Waals surface area contributed by atoms with Gasteiger partial charge in [0.2, 0.25) is 0 Å². The molecule has 0 unspecified atom stereocenters. The van der Waals surface area contributed by atoms with Crippen LogP contribution >= 0.6 is 0 Å². The Balaban J connectivity index is 0. The van der Waals surface area contributed by atoms with E-state index >= 15 is 0 Å². The summed E-state index contributed by atoms with van der Waals surface area (Å²) >= 11 is 0. The Kier molecular flexibility index (Phi) is 40.4. The Morgan fingerprint density at radius 1 is 0.560 bits per heavy atom. The van der Waals surface area contributed by atoms with Crippen molar-refractivity contribution in [1.29, 1.82) is 0 Å². The lowest BCUT2D eigenvalue weighted by Gasteiger charge is -2.13. The number of aliphatic hydroxyl groups excluding tert-OH is 1. The minimum atomic E-state index is -0.687. The van der Waals surface area contributed by atoms with Crippen molar-refractivity contribution in [3.8, 4) is 0 Å². The van der Waals surface area contributed by atoms with Crippen LogP contribution in [-0.2, 0) is 23.9 Å². The third kappa shape index (κ3) is 44.3. The molecular weight excluding hydrogens is 634 g/mol. The van der Waals surface area contributed by atoms with Crippen molar-refractivity contribution in [2.75, 3.05) is 27.2 Å². The van der Waals surface area contributed by atoms with E-state index in [-0.39, 0.29) is 25.2 Å². The molecule has 0 amide bonds. The third-order valence-electron chi connectivity index (χ3n) is 8.95. The number of esters is 1. The van der Waals surface area contributed by atoms with Crippen LogP contribution in [0.3, 0.4) is 0 Å². The number of carbonyl (C=O) groups excluding carboxylic acids is 1. The van der Waals surface area contributed by atoms with Gasteiger partial charge in [0.25, 0.3) is 0 Å². The van der Waals surface area contributed by atoms with Gasteiger partial charge in [-0.2, -0.15) is 0 Å². The van der Waals surface area contributed by atoms with Crippen LogP contribution in [0.2, 0.25) is 0 Å². The zero-order chi connectivity index (χ0) is 37.5. The van der Waals surface area contributed by atoms with Gasteiger partial charge in [0, 0.05) is 19.3 Å². The van der Waals surface area contributed by atoms with Gasteiger partial charge < -0.3 is 24.8 Å². The first kappa shape index (κ1) is 50.4. The molecule has 1 fully saturated rings. The van der Waals surface area contributed by atoms with Crippen molar-refractivity contribution >= 4 is 17.9 Å². The van der Waals surface area contributed by atoms with E-state index in [1.807, 2.05) is 0 Å². The lowest BCUT2D eigenvalue weighted by Crippen LogP contribution is -2.27. The number of carboxylic acid groups (broad SMARTS) is 2. The molecule has 0 saturated carbocycles. The molecule has 2 atom stereocenters. The minimum Gasteiger partial charge on any atom is -0.481 e. The first-order valence-electron chi connectivity index (χ1n) is 20.7. The minimum absolute atomic E-state index is 0.142. The molecule has 0 spiro atoms. The fourth-order valence-corrected chi connectivity index (χ4v) is 5.89. The number of unbranched alkanes of at least 4 members (excludes halogenated alkanes) is 24. The normalized spacial score (nSPS) is 15.2. The second-order valence-corrected chi connectivity index (χ2v) is 14.5. The van der Waals surface area contributed by atoms with E-state index in [1.165, 1.54) is 141 Å². The topological polar surface area (TPSA) is 134 Å². The molecule has 0 aliphatic carbocycles. The number of likely N-dealkylation sites (N-methyl/N-ethyl adjacent to an activating group) is 1. The van der Waals surface area contributed by atoms with Gasteiger partial charge in [0.05, 0.1) is 12.6 Å². The first-order chi connectivity index (χ1) is 24.1. The zero-order valence-corrected chi connectivity index (χ0v) is 33.1. The predicted molar refractivity (Wildman–Crippen MR) is 206 cm³/mol. The number of ether oxygens (including phenoxy) is 2. The summed E-state index contributed by atoms with van der Waals surface area (Å²) in [6.45, 7) is 5.03. The molecule has 9 heteroatoms. The summed E-state index contributed by atoms with van der Waals surface area (Å²) < 4.78 is 10.0. The van der Waals surface area contributed by atoms with Crippen LogP contribution in [0.5, 0.6) is 0 Å². The number of hydrogen-bond donors (Lipinski definition) is 3. The van der Waals surface area contributed by atoms with Gasteiger partial charge >= 0.3 is 17.9 Å². The van der Waals surface area contributed by atoms with Crippen LogP contribution in [0, 0.1) is 0 Å². The second-order valence-electron chi connectivity index (χ2n) is 14.5. The highest BCUT2D eigenvalue weighted by Crippen LogP contribution is 2.18. The summed E-state index contributed by atoms with van der Waals surface area (Å²) in [4.78, 5) is 33.5. The van der Waals surface area contributed by atoms with E-state index in [1.54, 1.807) is 19.0 Å². The summed E-state index contributed by atoms with van der Waals surface area (Å²) in [6.07, 6.45) is 35.1. The molecule has 3 N–H and O–H groups in total. The van der Waals surface area contributed by atoms with Gasteiger partial charge in [-0.25, -0.2) is 0 Å². The number of aliphatic carboxylic acids is 2. The first-order valence-corrected chi connectivity index (χ1v) is 20.7. The van der Waals surface area contributed by atoms with Crippen LogP contribution in [0.4, 0.5) is 0 Å². The van der Waals surface area contributed by atoms with Gasteiger partial charge in [-0.05, 0) is 33.4 Å². The molecular formula is C41H81NO8. The quantitative estimate of drug-likeness (QED) is 0.0459. The number of aliphatic hydroxyl groups is 1. The molecule has 1 heterocycles.